The number of aryl methyl sites for hydroxylation is 2. The van der Waals surface area contributed by atoms with E-state index >= 15 is 0 Å². The second-order valence-corrected chi connectivity index (χ2v) is 8.06. The molecular formula is C25H26N2O3. The zero-order valence-electron chi connectivity index (χ0n) is 18.2. The molecule has 0 amide bonds. The Hall–Kier alpha value is -3.34. The van der Waals surface area contributed by atoms with Crippen molar-refractivity contribution in [2.75, 3.05) is 0 Å². The van der Waals surface area contributed by atoms with Gasteiger partial charge in [0, 0.05) is 39.3 Å². The normalized spacial score (nSPS) is 11.6. The van der Waals surface area contributed by atoms with Crippen molar-refractivity contribution in [3.05, 3.63) is 81.1 Å². The molecule has 0 aliphatic rings. The molecule has 154 valence electrons. The highest BCUT2D eigenvalue weighted by Gasteiger charge is 2.31. The fraction of sp³-hybridized carbons (Fsp3) is 0.280. The molecule has 0 saturated carbocycles. The van der Waals surface area contributed by atoms with Gasteiger partial charge in [-0.3, -0.25) is 9.59 Å². The summed E-state index contributed by atoms with van der Waals surface area (Å²) in [4.78, 5) is 31.4. The molecule has 0 radical (unpaired) electrons. The van der Waals surface area contributed by atoms with Gasteiger partial charge in [0.05, 0.1) is 5.92 Å². The summed E-state index contributed by atoms with van der Waals surface area (Å²) in [7, 11) is 0. The Morgan fingerprint density at radius 1 is 0.833 bits per heavy atom. The monoisotopic (exact) mass is 402 g/mol. The second kappa shape index (κ2) is 7.17. The van der Waals surface area contributed by atoms with Gasteiger partial charge in [0.1, 0.15) is 11.3 Å². The molecule has 1 aromatic carbocycles. The summed E-state index contributed by atoms with van der Waals surface area (Å²) in [6, 6.07) is 9.91. The number of benzene rings is 1. The van der Waals surface area contributed by atoms with Crippen LogP contribution < -0.4 is 0 Å². The number of ketones is 2. The lowest BCUT2D eigenvalue weighted by Gasteiger charge is -2.16. The van der Waals surface area contributed by atoms with Gasteiger partial charge in [0.2, 0.25) is 0 Å². The van der Waals surface area contributed by atoms with Gasteiger partial charge in [-0.05, 0) is 64.8 Å². The van der Waals surface area contributed by atoms with Crippen molar-refractivity contribution < 1.29 is 14.0 Å². The first-order valence-corrected chi connectivity index (χ1v) is 10.1. The maximum Gasteiger partial charge on any atom is 0.161 e. The van der Waals surface area contributed by atoms with Crippen LogP contribution in [0.2, 0.25) is 0 Å². The van der Waals surface area contributed by atoms with Crippen molar-refractivity contribution in [1.29, 1.82) is 0 Å². The van der Waals surface area contributed by atoms with Crippen LogP contribution >= 0.6 is 0 Å². The van der Waals surface area contributed by atoms with Crippen LogP contribution in [-0.2, 0) is 0 Å². The molecule has 3 heterocycles. The molecule has 3 aromatic heterocycles. The first kappa shape index (κ1) is 20.0. The first-order chi connectivity index (χ1) is 14.2. The topological polar surface area (TPSA) is 78.9 Å². The Balaban J connectivity index is 2.02. The van der Waals surface area contributed by atoms with Crippen LogP contribution in [0.25, 0.3) is 11.0 Å². The van der Waals surface area contributed by atoms with E-state index in [1.807, 2.05) is 58.0 Å². The average Bonchev–Trinajstić information content (AvgIpc) is 3.30. The van der Waals surface area contributed by atoms with E-state index < -0.39 is 0 Å². The number of nitrogens with one attached hydrogen (secondary N) is 2. The Kier molecular flexibility index (Phi) is 4.77. The van der Waals surface area contributed by atoms with Crippen LogP contribution in [-0.4, -0.2) is 21.5 Å². The second-order valence-electron chi connectivity index (χ2n) is 8.06. The molecule has 2 N–H and O–H groups in total. The van der Waals surface area contributed by atoms with Crippen molar-refractivity contribution >= 4 is 22.5 Å². The molecule has 0 unspecified atom stereocenters. The van der Waals surface area contributed by atoms with Crippen LogP contribution in [0, 0.1) is 27.7 Å². The van der Waals surface area contributed by atoms with Gasteiger partial charge in [-0.15, -0.1) is 0 Å². The molecule has 0 spiro atoms. The quantitative estimate of drug-likeness (QED) is 0.407. The van der Waals surface area contributed by atoms with E-state index in [-0.39, 0.29) is 17.5 Å². The van der Waals surface area contributed by atoms with Crippen LogP contribution in [0.1, 0.15) is 80.1 Å². The minimum Gasteiger partial charge on any atom is -0.460 e. The van der Waals surface area contributed by atoms with Crippen molar-refractivity contribution in [1.82, 2.24) is 9.97 Å². The summed E-state index contributed by atoms with van der Waals surface area (Å²) in [5, 5.41) is 1.01. The lowest BCUT2D eigenvalue weighted by Crippen LogP contribution is -2.07. The number of hydrogen-bond donors (Lipinski definition) is 2. The van der Waals surface area contributed by atoms with Gasteiger partial charge in [-0.1, -0.05) is 18.2 Å². The van der Waals surface area contributed by atoms with Crippen LogP contribution in [0.4, 0.5) is 0 Å². The van der Waals surface area contributed by atoms with Crippen LogP contribution in [0.3, 0.4) is 0 Å². The van der Waals surface area contributed by atoms with Crippen molar-refractivity contribution in [2.24, 2.45) is 0 Å². The van der Waals surface area contributed by atoms with Crippen molar-refractivity contribution in [3.63, 3.8) is 0 Å². The summed E-state index contributed by atoms with van der Waals surface area (Å²) in [6.45, 7) is 10.9. The average molecular weight is 402 g/mol. The maximum atomic E-state index is 12.3. The Bertz CT molecular complexity index is 1200. The number of rotatable bonds is 5. The number of aromatic amines is 2. The predicted molar refractivity (Wildman–Crippen MR) is 118 cm³/mol. The number of aromatic nitrogens is 2. The fourth-order valence-electron chi connectivity index (χ4n) is 4.76. The zero-order valence-corrected chi connectivity index (χ0v) is 18.2. The summed E-state index contributed by atoms with van der Waals surface area (Å²) in [5.74, 6) is 0.519. The summed E-state index contributed by atoms with van der Waals surface area (Å²) in [5.41, 5.74) is 7.50. The summed E-state index contributed by atoms with van der Waals surface area (Å²) in [6.07, 6.45) is 0. The standard InChI is InChI=1S/C25H26N2O3/c1-12-21(16(5)28)14(3)26-24(12)23(20-11-18-9-7-8-10-19(18)30-20)25-13(2)22(17(6)29)15(4)27-25/h7-11,23,26-27H,1-6H3. The van der Waals surface area contributed by atoms with Gasteiger partial charge in [-0.2, -0.15) is 0 Å². The van der Waals surface area contributed by atoms with Crippen LogP contribution in [0.5, 0.6) is 0 Å². The predicted octanol–water partition coefficient (Wildman–Crippen LogP) is 5.91. The number of Topliss-reactive ketones (excluding diaryl/α,β-unsaturated/α-hetero) is 2. The van der Waals surface area contributed by atoms with E-state index in [2.05, 4.69) is 9.97 Å². The highest BCUT2D eigenvalue weighted by atomic mass is 16.3. The van der Waals surface area contributed by atoms with Crippen molar-refractivity contribution in [2.45, 2.75) is 47.5 Å². The molecule has 5 heteroatoms. The number of carbonyl (C=O) groups excluding carboxylic acids is 2. The van der Waals surface area contributed by atoms with E-state index in [1.165, 1.54) is 0 Å². The molecule has 0 saturated heterocycles. The van der Waals surface area contributed by atoms with Crippen LogP contribution in [0.15, 0.2) is 34.7 Å². The SMILES string of the molecule is CC(=O)c1c(C)[nH]c(C(c2cc3ccccc3o2)c2[nH]c(C)c(C(C)=O)c2C)c1C. The Labute approximate surface area is 175 Å². The third kappa shape index (κ3) is 3.02. The molecule has 0 bridgehead atoms. The molecular weight excluding hydrogens is 376 g/mol. The highest BCUT2D eigenvalue weighted by molar-refractivity contribution is 5.98. The number of carbonyl (C=O) groups is 2. The van der Waals surface area contributed by atoms with Gasteiger partial charge < -0.3 is 14.4 Å². The number of H-pyrrole nitrogens is 2. The molecule has 0 fully saturated rings. The molecule has 5 nitrogen and oxygen atoms in total. The van der Waals surface area contributed by atoms with Gasteiger partial charge >= 0.3 is 0 Å². The van der Waals surface area contributed by atoms with E-state index in [0.717, 1.165) is 50.6 Å². The minimum absolute atomic E-state index is 0.0275. The number of fused-ring (bicyclic) bond motifs is 1. The highest BCUT2D eigenvalue weighted by Crippen LogP contribution is 2.40. The lowest BCUT2D eigenvalue weighted by molar-refractivity contribution is 0.100. The van der Waals surface area contributed by atoms with E-state index in [9.17, 15) is 9.59 Å². The third-order valence-electron chi connectivity index (χ3n) is 5.96. The molecule has 4 rings (SSSR count). The third-order valence-corrected chi connectivity index (χ3v) is 5.96. The maximum absolute atomic E-state index is 12.3. The molecule has 0 aliphatic heterocycles. The molecule has 30 heavy (non-hydrogen) atoms. The van der Waals surface area contributed by atoms with E-state index in [1.54, 1.807) is 13.8 Å². The summed E-state index contributed by atoms with van der Waals surface area (Å²) < 4.78 is 6.26. The van der Waals surface area contributed by atoms with Crippen molar-refractivity contribution in [3.8, 4) is 0 Å². The van der Waals surface area contributed by atoms with Gasteiger partial charge in [0.25, 0.3) is 0 Å². The minimum atomic E-state index is -0.295. The largest absolute Gasteiger partial charge is 0.460 e. The molecule has 0 aliphatic carbocycles. The van der Waals surface area contributed by atoms with E-state index in [0.29, 0.717) is 11.1 Å². The Morgan fingerprint density at radius 3 is 1.77 bits per heavy atom. The van der Waals surface area contributed by atoms with Gasteiger partial charge in [0.15, 0.2) is 11.6 Å². The first-order valence-electron chi connectivity index (χ1n) is 10.1. The molecule has 4 aromatic rings. The number of para-hydroxylation sites is 1. The lowest BCUT2D eigenvalue weighted by atomic mass is 9.91. The number of hydrogen-bond acceptors (Lipinski definition) is 3. The summed E-state index contributed by atoms with van der Waals surface area (Å²) >= 11 is 0. The smallest absolute Gasteiger partial charge is 0.161 e. The fourth-order valence-corrected chi connectivity index (χ4v) is 4.76. The molecule has 0 atom stereocenters. The Morgan fingerprint density at radius 2 is 1.33 bits per heavy atom. The zero-order chi connectivity index (χ0) is 21.7. The number of furan rings is 1. The van der Waals surface area contributed by atoms with Gasteiger partial charge in [-0.25, -0.2) is 0 Å². The van der Waals surface area contributed by atoms with E-state index in [4.69, 9.17) is 4.42 Å².